The van der Waals surface area contributed by atoms with Crippen LogP contribution in [0.3, 0.4) is 0 Å². The van der Waals surface area contributed by atoms with Crippen LogP contribution >= 0.6 is 0 Å². The van der Waals surface area contributed by atoms with E-state index in [0.29, 0.717) is 23.7 Å². The maximum absolute atomic E-state index is 6.19. The fourth-order valence-electron chi connectivity index (χ4n) is 2.92. The highest BCUT2D eigenvalue weighted by Crippen LogP contribution is 2.37. The van der Waals surface area contributed by atoms with Gasteiger partial charge in [-0.2, -0.15) is 5.10 Å². The van der Waals surface area contributed by atoms with Crippen molar-refractivity contribution < 1.29 is 4.74 Å². The highest BCUT2D eigenvalue weighted by atomic mass is 16.5. The van der Waals surface area contributed by atoms with Gasteiger partial charge >= 0.3 is 0 Å². The SMILES string of the molecule is Cc1nn(C2CCC2)c(N)c1OC[C@@H]1CNC[C@H]1C. The summed E-state index contributed by atoms with van der Waals surface area (Å²) in [5.41, 5.74) is 7.11. The van der Waals surface area contributed by atoms with Gasteiger partial charge < -0.3 is 15.8 Å². The number of aromatic nitrogens is 2. The number of nitrogens with zero attached hydrogens (tertiary/aromatic N) is 2. The Kier molecular flexibility index (Phi) is 3.39. The molecular weight excluding hydrogens is 240 g/mol. The largest absolute Gasteiger partial charge is 0.487 e. The standard InChI is InChI=1S/C14H24N4O/c1-9-6-16-7-11(9)8-19-13-10(2)17-18(14(13)15)12-4-3-5-12/h9,11-12,16H,3-8,15H2,1-2H3/t9-,11+/m1/s1. The van der Waals surface area contributed by atoms with Gasteiger partial charge in [0.15, 0.2) is 11.6 Å². The van der Waals surface area contributed by atoms with Crippen LogP contribution < -0.4 is 15.8 Å². The Morgan fingerprint density at radius 2 is 2.21 bits per heavy atom. The third kappa shape index (κ3) is 2.31. The van der Waals surface area contributed by atoms with E-state index in [1.165, 1.54) is 19.3 Å². The van der Waals surface area contributed by atoms with Crippen LogP contribution in [0.2, 0.25) is 0 Å². The summed E-state index contributed by atoms with van der Waals surface area (Å²) in [6, 6.07) is 0.489. The minimum absolute atomic E-state index is 0.489. The number of nitrogens with one attached hydrogen (secondary N) is 1. The van der Waals surface area contributed by atoms with Crippen molar-refractivity contribution in [1.82, 2.24) is 15.1 Å². The zero-order valence-electron chi connectivity index (χ0n) is 11.9. The van der Waals surface area contributed by atoms with Gasteiger partial charge in [-0.3, -0.25) is 0 Å². The van der Waals surface area contributed by atoms with E-state index in [2.05, 4.69) is 17.3 Å². The summed E-state index contributed by atoms with van der Waals surface area (Å²) < 4.78 is 7.94. The van der Waals surface area contributed by atoms with Gasteiger partial charge in [0.1, 0.15) is 5.69 Å². The highest BCUT2D eigenvalue weighted by Gasteiger charge is 2.27. The summed E-state index contributed by atoms with van der Waals surface area (Å²) in [4.78, 5) is 0. The van der Waals surface area contributed by atoms with E-state index < -0.39 is 0 Å². The molecule has 0 amide bonds. The van der Waals surface area contributed by atoms with Crippen LogP contribution in [-0.2, 0) is 0 Å². The Morgan fingerprint density at radius 1 is 1.42 bits per heavy atom. The van der Waals surface area contributed by atoms with E-state index in [-0.39, 0.29) is 0 Å². The monoisotopic (exact) mass is 264 g/mol. The molecule has 1 saturated heterocycles. The molecule has 106 valence electrons. The molecule has 1 aromatic rings. The fourth-order valence-corrected chi connectivity index (χ4v) is 2.92. The van der Waals surface area contributed by atoms with Gasteiger partial charge in [-0.05, 0) is 38.6 Å². The first-order valence-electron chi connectivity index (χ1n) is 7.35. The van der Waals surface area contributed by atoms with Gasteiger partial charge in [0.2, 0.25) is 0 Å². The van der Waals surface area contributed by atoms with E-state index in [9.17, 15) is 0 Å². The minimum atomic E-state index is 0.489. The van der Waals surface area contributed by atoms with Gasteiger partial charge in [0.05, 0.1) is 12.6 Å². The number of aryl methyl sites for hydroxylation is 1. The second-order valence-electron chi connectivity index (χ2n) is 6.04. The Hall–Kier alpha value is -1.23. The van der Waals surface area contributed by atoms with Crippen LogP contribution in [0.5, 0.6) is 5.75 Å². The van der Waals surface area contributed by atoms with Gasteiger partial charge in [-0.25, -0.2) is 4.68 Å². The Balaban J connectivity index is 1.68. The molecule has 2 atom stereocenters. The number of anilines is 1. The van der Waals surface area contributed by atoms with E-state index in [1.54, 1.807) is 0 Å². The summed E-state index contributed by atoms with van der Waals surface area (Å²) in [7, 11) is 0. The maximum atomic E-state index is 6.19. The molecule has 2 fully saturated rings. The maximum Gasteiger partial charge on any atom is 0.183 e. The Bertz CT molecular complexity index is 453. The van der Waals surface area contributed by atoms with Crippen molar-refractivity contribution in [2.45, 2.75) is 39.2 Å². The molecule has 5 heteroatoms. The van der Waals surface area contributed by atoms with Crippen LogP contribution in [-0.4, -0.2) is 29.5 Å². The predicted octanol–water partition coefficient (Wildman–Crippen LogP) is 1.73. The molecular formula is C14H24N4O. The zero-order chi connectivity index (χ0) is 13.4. The molecule has 0 aromatic carbocycles. The first-order chi connectivity index (χ1) is 9.16. The second kappa shape index (κ2) is 5.04. The molecule has 1 aromatic heterocycles. The Labute approximate surface area is 114 Å². The lowest BCUT2D eigenvalue weighted by atomic mass is 9.93. The number of nitrogens with two attached hydrogens (primary N) is 1. The quantitative estimate of drug-likeness (QED) is 0.869. The number of nitrogen functional groups attached to an aromatic ring is 1. The number of ether oxygens (including phenoxy) is 1. The molecule has 2 heterocycles. The number of hydrogen-bond acceptors (Lipinski definition) is 4. The molecule has 2 aliphatic rings. The molecule has 3 rings (SSSR count). The van der Waals surface area contributed by atoms with E-state index in [0.717, 1.165) is 31.1 Å². The Morgan fingerprint density at radius 3 is 2.79 bits per heavy atom. The van der Waals surface area contributed by atoms with Crippen molar-refractivity contribution in [2.24, 2.45) is 11.8 Å². The van der Waals surface area contributed by atoms with Gasteiger partial charge in [0.25, 0.3) is 0 Å². The number of rotatable bonds is 4. The van der Waals surface area contributed by atoms with Crippen molar-refractivity contribution >= 4 is 5.82 Å². The lowest BCUT2D eigenvalue weighted by Crippen LogP contribution is -2.21. The first-order valence-corrected chi connectivity index (χ1v) is 7.35. The van der Waals surface area contributed by atoms with E-state index in [1.807, 2.05) is 11.6 Å². The average Bonchev–Trinajstić information content (AvgIpc) is 2.82. The molecule has 1 saturated carbocycles. The van der Waals surface area contributed by atoms with Crippen LogP contribution in [0, 0.1) is 18.8 Å². The van der Waals surface area contributed by atoms with Crippen LogP contribution in [0.1, 0.15) is 37.9 Å². The molecule has 1 aliphatic heterocycles. The van der Waals surface area contributed by atoms with Crippen molar-refractivity contribution in [3.63, 3.8) is 0 Å². The molecule has 5 nitrogen and oxygen atoms in total. The molecule has 3 N–H and O–H groups in total. The third-order valence-electron chi connectivity index (χ3n) is 4.61. The molecule has 1 aliphatic carbocycles. The molecule has 19 heavy (non-hydrogen) atoms. The average molecular weight is 264 g/mol. The summed E-state index contributed by atoms with van der Waals surface area (Å²) in [6.45, 7) is 7.11. The van der Waals surface area contributed by atoms with Crippen molar-refractivity contribution in [3.05, 3.63) is 5.69 Å². The summed E-state index contributed by atoms with van der Waals surface area (Å²) in [5.74, 6) is 2.75. The molecule has 0 bridgehead atoms. The summed E-state index contributed by atoms with van der Waals surface area (Å²) >= 11 is 0. The van der Waals surface area contributed by atoms with Crippen LogP contribution in [0.15, 0.2) is 0 Å². The van der Waals surface area contributed by atoms with Crippen LogP contribution in [0.25, 0.3) is 0 Å². The first kappa shape index (κ1) is 12.8. The van der Waals surface area contributed by atoms with E-state index in [4.69, 9.17) is 10.5 Å². The third-order valence-corrected chi connectivity index (χ3v) is 4.61. The predicted molar refractivity (Wildman–Crippen MR) is 75.3 cm³/mol. The van der Waals surface area contributed by atoms with E-state index >= 15 is 0 Å². The summed E-state index contributed by atoms with van der Waals surface area (Å²) in [5, 5.41) is 7.94. The van der Waals surface area contributed by atoms with Crippen LogP contribution in [0.4, 0.5) is 5.82 Å². The van der Waals surface area contributed by atoms with Gasteiger partial charge in [0, 0.05) is 12.5 Å². The van der Waals surface area contributed by atoms with Gasteiger partial charge in [-0.1, -0.05) is 6.92 Å². The van der Waals surface area contributed by atoms with Crippen molar-refractivity contribution in [2.75, 3.05) is 25.4 Å². The lowest BCUT2D eigenvalue weighted by Gasteiger charge is -2.26. The smallest absolute Gasteiger partial charge is 0.183 e. The number of hydrogen-bond donors (Lipinski definition) is 2. The normalized spacial score (nSPS) is 27.5. The molecule has 0 spiro atoms. The topological polar surface area (TPSA) is 65.1 Å². The second-order valence-corrected chi connectivity index (χ2v) is 6.04. The minimum Gasteiger partial charge on any atom is -0.487 e. The lowest BCUT2D eigenvalue weighted by molar-refractivity contribution is 0.232. The van der Waals surface area contributed by atoms with Gasteiger partial charge in [-0.15, -0.1) is 0 Å². The highest BCUT2D eigenvalue weighted by molar-refractivity contribution is 5.50. The molecule has 0 unspecified atom stereocenters. The van der Waals surface area contributed by atoms with Crippen molar-refractivity contribution in [3.8, 4) is 5.75 Å². The zero-order valence-corrected chi connectivity index (χ0v) is 11.9. The van der Waals surface area contributed by atoms with Crippen molar-refractivity contribution in [1.29, 1.82) is 0 Å². The fraction of sp³-hybridized carbons (Fsp3) is 0.786. The summed E-state index contributed by atoms with van der Waals surface area (Å²) in [6.07, 6.45) is 3.66. The molecule has 0 radical (unpaired) electrons.